The van der Waals surface area contributed by atoms with Gasteiger partial charge in [0.25, 0.3) is 0 Å². The van der Waals surface area contributed by atoms with Crippen LogP contribution in [0.5, 0.6) is 0 Å². The Bertz CT molecular complexity index is 1340. The lowest BCUT2D eigenvalue weighted by Gasteiger charge is -2.07. The van der Waals surface area contributed by atoms with E-state index in [0.29, 0.717) is 10.7 Å². The third-order valence-electron chi connectivity index (χ3n) is 5.39. The Morgan fingerprint density at radius 3 is 2.22 bits per heavy atom. The molecule has 1 saturated heterocycles. The van der Waals surface area contributed by atoms with E-state index >= 15 is 0 Å². The van der Waals surface area contributed by atoms with E-state index in [-0.39, 0.29) is 18.1 Å². The summed E-state index contributed by atoms with van der Waals surface area (Å²) in [6.45, 7) is 0. The van der Waals surface area contributed by atoms with E-state index in [1.165, 1.54) is 11.8 Å². The van der Waals surface area contributed by atoms with E-state index in [1.807, 2.05) is 42.5 Å². The molecule has 1 aliphatic heterocycles. The number of thioether (sulfide) groups is 1. The Labute approximate surface area is 189 Å². The van der Waals surface area contributed by atoms with E-state index in [4.69, 9.17) is 0 Å². The van der Waals surface area contributed by atoms with Gasteiger partial charge in [0.05, 0.1) is 11.5 Å². The first kappa shape index (κ1) is 20.2. The molecule has 5 rings (SSSR count). The Balaban J connectivity index is 1.38. The molecule has 1 heterocycles. The largest absolute Gasteiger partial charge is 0.303 e. The summed E-state index contributed by atoms with van der Waals surface area (Å²) in [7, 11) is 0. The summed E-state index contributed by atoms with van der Waals surface area (Å²) in [5.41, 5.74) is 1.58. The van der Waals surface area contributed by atoms with Gasteiger partial charge in [-0.3, -0.25) is 9.59 Å². The van der Waals surface area contributed by atoms with Crippen LogP contribution in [0.25, 0.3) is 21.5 Å². The normalized spacial score (nSPS) is 17.4. The minimum absolute atomic E-state index is 0.0646. The van der Waals surface area contributed by atoms with Crippen molar-refractivity contribution in [2.24, 2.45) is 10.2 Å². The van der Waals surface area contributed by atoms with Crippen molar-refractivity contribution >= 4 is 56.4 Å². The zero-order valence-electron chi connectivity index (χ0n) is 17.1. The van der Waals surface area contributed by atoms with Crippen LogP contribution in [0.2, 0.25) is 0 Å². The average molecular weight is 438 g/mol. The second-order valence-electron chi connectivity index (χ2n) is 7.47. The van der Waals surface area contributed by atoms with Gasteiger partial charge in [0.15, 0.2) is 11.0 Å². The molecule has 0 bridgehead atoms. The van der Waals surface area contributed by atoms with E-state index in [9.17, 15) is 9.59 Å². The number of nitrogens with one attached hydrogen (secondary N) is 1. The van der Waals surface area contributed by atoms with Gasteiger partial charge in [0.2, 0.25) is 5.91 Å². The van der Waals surface area contributed by atoms with E-state index < -0.39 is 5.25 Å². The van der Waals surface area contributed by atoms with Crippen molar-refractivity contribution in [2.45, 2.75) is 11.7 Å². The highest BCUT2D eigenvalue weighted by atomic mass is 32.2. The van der Waals surface area contributed by atoms with Gasteiger partial charge in [-0.15, -0.1) is 5.10 Å². The van der Waals surface area contributed by atoms with Gasteiger partial charge in [0.1, 0.15) is 0 Å². The van der Waals surface area contributed by atoms with Crippen molar-refractivity contribution in [2.75, 3.05) is 0 Å². The highest BCUT2D eigenvalue weighted by Gasteiger charge is 2.32. The average Bonchev–Trinajstić information content (AvgIpc) is 3.17. The molecule has 156 valence electrons. The highest BCUT2D eigenvalue weighted by molar-refractivity contribution is 8.15. The minimum Gasteiger partial charge on any atom is -0.303 e. The number of benzene rings is 4. The fourth-order valence-corrected chi connectivity index (χ4v) is 4.75. The van der Waals surface area contributed by atoms with Gasteiger partial charge in [-0.2, -0.15) is 5.10 Å². The number of fused-ring (bicyclic) bond motifs is 2. The summed E-state index contributed by atoms with van der Waals surface area (Å²) in [5, 5.41) is 15.6. The summed E-state index contributed by atoms with van der Waals surface area (Å²) in [4.78, 5) is 24.8. The van der Waals surface area contributed by atoms with Crippen LogP contribution >= 0.6 is 11.8 Å². The van der Waals surface area contributed by atoms with Gasteiger partial charge < -0.3 is 5.32 Å². The molecule has 1 fully saturated rings. The summed E-state index contributed by atoms with van der Waals surface area (Å²) in [6.07, 6.45) is 1.85. The van der Waals surface area contributed by atoms with Crippen LogP contribution in [0.4, 0.5) is 0 Å². The maximum Gasteiger partial charge on any atom is 0.240 e. The highest BCUT2D eigenvalue weighted by Crippen LogP contribution is 2.28. The smallest absolute Gasteiger partial charge is 0.240 e. The Morgan fingerprint density at radius 2 is 1.53 bits per heavy atom. The molecule has 6 heteroatoms. The number of carbonyl (C=O) groups is 2. The summed E-state index contributed by atoms with van der Waals surface area (Å²) in [6, 6.07) is 27.5. The number of nitrogens with zero attached hydrogens (tertiary/aromatic N) is 2. The monoisotopic (exact) mass is 437 g/mol. The van der Waals surface area contributed by atoms with Crippen LogP contribution in [0.1, 0.15) is 22.3 Å². The predicted octanol–water partition coefficient (Wildman–Crippen LogP) is 5.19. The number of amides is 1. The molecule has 1 N–H and O–H groups in total. The first-order valence-electron chi connectivity index (χ1n) is 10.3. The van der Waals surface area contributed by atoms with Gasteiger partial charge in [-0.1, -0.05) is 90.6 Å². The SMILES string of the molecule is O=C(CC1SC(=NN=Cc2c3ccccc3cc3ccccc23)NC1=O)c1ccccc1. The lowest BCUT2D eigenvalue weighted by Crippen LogP contribution is -2.26. The molecular formula is C26H19N3O2S. The van der Waals surface area contributed by atoms with Crippen molar-refractivity contribution in [3.63, 3.8) is 0 Å². The van der Waals surface area contributed by atoms with Crippen molar-refractivity contribution in [3.05, 3.63) is 96.1 Å². The second-order valence-corrected chi connectivity index (χ2v) is 8.66. The summed E-state index contributed by atoms with van der Waals surface area (Å²) < 4.78 is 0. The quantitative estimate of drug-likeness (QED) is 0.202. The molecule has 1 aliphatic rings. The van der Waals surface area contributed by atoms with Gasteiger partial charge in [0, 0.05) is 17.5 Å². The Hall–Kier alpha value is -3.77. The number of Topliss-reactive ketones (excluding diaryl/α,β-unsaturated/α-hetero) is 1. The zero-order chi connectivity index (χ0) is 21.9. The van der Waals surface area contributed by atoms with Crippen LogP contribution in [0, 0.1) is 0 Å². The molecule has 4 aromatic rings. The fourth-order valence-electron chi connectivity index (χ4n) is 3.82. The second kappa shape index (κ2) is 8.77. The molecule has 4 aromatic carbocycles. The molecule has 0 aromatic heterocycles. The van der Waals surface area contributed by atoms with Gasteiger partial charge >= 0.3 is 0 Å². The first-order chi connectivity index (χ1) is 15.7. The van der Waals surface area contributed by atoms with Crippen LogP contribution in [-0.2, 0) is 4.79 Å². The number of hydrogen-bond acceptors (Lipinski definition) is 5. The zero-order valence-corrected chi connectivity index (χ0v) is 17.9. The maximum absolute atomic E-state index is 12.4. The minimum atomic E-state index is -0.505. The van der Waals surface area contributed by atoms with Crippen LogP contribution in [0.3, 0.4) is 0 Å². The molecule has 0 aliphatic carbocycles. The number of amidine groups is 1. The number of carbonyl (C=O) groups excluding carboxylic acids is 2. The number of rotatable bonds is 5. The first-order valence-corrected chi connectivity index (χ1v) is 11.1. The van der Waals surface area contributed by atoms with Gasteiger partial charge in [-0.05, 0) is 27.6 Å². The van der Waals surface area contributed by atoms with E-state index in [0.717, 1.165) is 27.1 Å². The Kier molecular flexibility index (Phi) is 5.52. The predicted molar refractivity (Wildman–Crippen MR) is 131 cm³/mol. The standard InChI is InChI=1S/C26H19N3O2S/c30-23(17-8-2-1-3-9-17)15-24-25(31)28-26(32-24)29-27-16-22-20-12-6-4-10-18(20)14-19-11-5-7-13-21(19)22/h1-14,16,24H,15H2,(H,28,29,31). The molecule has 1 unspecified atom stereocenters. The molecular weight excluding hydrogens is 418 g/mol. The Morgan fingerprint density at radius 1 is 0.906 bits per heavy atom. The third-order valence-corrected chi connectivity index (χ3v) is 6.46. The molecule has 1 amide bonds. The third kappa shape index (κ3) is 4.05. The fraction of sp³-hybridized carbons (Fsp3) is 0.0769. The van der Waals surface area contributed by atoms with Crippen molar-refractivity contribution in [1.29, 1.82) is 0 Å². The lowest BCUT2D eigenvalue weighted by molar-refractivity contribution is -0.118. The summed E-state index contributed by atoms with van der Waals surface area (Å²) >= 11 is 1.24. The van der Waals surface area contributed by atoms with Crippen molar-refractivity contribution < 1.29 is 9.59 Å². The van der Waals surface area contributed by atoms with Crippen LogP contribution in [0.15, 0.2) is 95.1 Å². The molecule has 0 spiro atoms. The maximum atomic E-state index is 12.4. The molecule has 1 atom stereocenters. The summed E-state index contributed by atoms with van der Waals surface area (Å²) in [5.74, 6) is -0.283. The topological polar surface area (TPSA) is 70.9 Å². The van der Waals surface area contributed by atoms with Crippen molar-refractivity contribution in [1.82, 2.24) is 5.32 Å². The van der Waals surface area contributed by atoms with Gasteiger partial charge in [-0.25, -0.2) is 0 Å². The molecule has 0 radical (unpaired) electrons. The molecule has 32 heavy (non-hydrogen) atoms. The molecule has 0 saturated carbocycles. The van der Waals surface area contributed by atoms with E-state index in [1.54, 1.807) is 18.3 Å². The number of ketones is 1. The number of hydrogen-bond donors (Lipinski definition) is 1. The van der Waals surface area contributed by atoms with Crippen LogP contribution in [-0.4, -0.2) is 28.3 Å². The van der Waals surface area contributed by atoms with Crippen molar-refractivity contribution in [3.8, 4) is 0 Å². The lowest BCUT2D eigenvalue weighted by atomic mass is 9.97. The molecule has 5 nitrogen and oxygen atoms in total. The van der Waals surface area contributed by atoms with Crippen LogP contribution < -0.4 is 5.32 Å². The van der Waals surface area contributed by atoms with E-state index in [2.05, 4.69) is 45.9 Å².